The number of amides is 1. The molecule has 0 fully saturated rings. The fourth-order valence-electron chi connectivity index (χ4n) is 2.23. The molecule has 3 rings (SSSR count). The summed E-state index contributed by atoms with van der Waals surface area (Å²) in [5.74, 6) is -0.306. The molecule has 6 heteroatoms. The van der Waals surface area contributed by atoms with Gasteiger partial charge in [0.05, 0.1) is 22.6 Å². The van der Waals surface area contributed by atoms with Crippen LogP contribution in [-0.2, 0) is 0 Å². The minimum Gasteiger partial charge on any atom is -0.398 e. The summed E-state index contributed by atoms with van der Waals surface area (Å²) < 4.78 is 0. The van der Waals surface area contributed by atoms with Gasteiger partial charge in [0.25, 0.3) is 5.91 Å². The van der Waals surface area contributed by atoms with Crippen LogP contribution < -0.4 is 11.1 Å². The molecule has 21 heavy (non-hydrogen) atoms. The van der Waals surface area contributed by atoms with Gasteiger partial charge < -0.3 is 11.1 Å². The first-order valence-electron chi connectivity index (χ1n) is 6.54. The number of nitrogens with one attached hydrogen (secondary N) is 2. The van der Waals surface area contributed by atoms with E-state index in [9.17, 15) is 4.79 Å². The molecule has 0 saturated carbocycles. The van der Waals surface area contributed by atoms with Crippen molar-refractivity contribution >= 4 is 28.2 Å². The SMILES string of the molecule is Cc1n[nH]c(C)c1NC(=O)c1cc(N)c2ccccc2n1. The zero-order valence-electron chi connectivity index (χ0n) is 11.8. The molecule has 106 valence electrons. The number of pyridine rings is 1. The molecule has 0 aliphatic rings. The van der Waals surface area contributed by atoms with E-state index in [1.165, 1.54) is 0 Å². The molecule has 3 aromatic rings. The first-order chi connectivity index (χ1) is 10.1. The Kier molecular flexibility index (Phi) is 3.06. The van der Waals surface area contributed by atoms with Gasteiger partial charge in [-0.25, -0.2) is 4.98 Å². The minimum atomic E-state index is -0.306. The quantitative estimate of drug-likeness (QED) is 0.672. The number of aromatic amines is 1. The summed E-state index contributed by atoms with van der Waals surface area (Å²) in [4.78, 5) is 16.7. The number of rotatable bonds is 2. The number of benzene rings is 1. The molecule has 1 amide bonds. The van der Waals surface area contributed by atoms with Crippen LogP contribution >= 0.6 is 0 Å². The van der Waals surface area contributed by atoms with Crippen molar-refractivity contribution < 1.29 is 4.79 Å². The molecule has 0 radical (unpaired) electrons. The molecule has 0 aliphatic carbocycles. The van der Waals surface area contributed by atoms with Crippen molar-refractivity contribution in [2.45, 2.75) is 13.8 Å². The highest BCUT2D eigenvalue weighted by Crippen LogP contribution is 2.22. The smallest absolute Gasteiger partial charge is 0.274 e. The minimum absolute atomic E-state index is 0.284. The predicted octanol–water partition coefficient (Wildman–Crippen LogP) is 2.41. The van der Waals surface area contributed by atoms with E-state index in [4.69, 9.17) is 5.73 Å². The third-order valence-corrected chi connectivity index (χ3v) is 3.35. The monoisotopic (exact) mass is 281 g/mol. The largest absolute Gasteiger partial charge is 0.398 e. The number of nitrogens with zero attached hydrogens (tertiary/aromatic N) is 2. The van der Waals surface area contributed by atoms with Gasteiger partial charge in [0.2, 0.25) is 0 Å². The first-order valence-corrected chi connectivity index (χ1v) is 6.54. The van der Waals surface area contributed by atoms with Crippen LogP contribution in [0.1, 0.15) is 21.9 Å². The average Bonchev–Trinajstić information content (AvgIpc) is 2.79. The Morgan fingerprint density at radius 1 is 1.29 bits per heavy atom. The second-order valence-electron chi connectivity index (χ2n) is 4.88. The number of hydrogen-bond acceptors (Lipinski definition) is 4. The summed E-state index contributed by atoms with van der Waals surface area (Å²) in [5.41, 5.74) is 9.71. The lowest BCUT2D eigenvalue weighted by atomic mass is 10.1. The standard InChI is InChI=1S/C15H15N5O/c1-8-14(9(2)20-19-8)18-15(21)13-7-11(16)10-5-3-4-6-12(10)17-13/h3-7H,1-2H3,(H2,16,17)(H,18,21)(H,19,20). The highest BCUT2D eigenvalue weighted by atomic mass is 16.1. The molecule has 1 aromatic carbocycles. The Bertz CT molecular complexity index is 818. The maximum Gasteiger partial charge on any atom is 0.274 e. The van der Waals surface area contributed by atoms with Crippen LogP contribution in [0.25, 0.3) is 10.9 Å². The highest BCUT2D eigenvalue weighted by Gasteiger charge is 2.14. The van der Waals surface area contributed by atoms with Gasteiger partial charge in [-0.05, 0) is 26.0 Å². The van der Waals surface area contributed by atoms with Gasteiger partial charge in [0.1, 0.15) is 5.69 Å². The van der Waals surface area contributed by atoms with Crippen molar-refractivity contribution in [2.75, 3.05) is 11.1 Å². The maximum atomic E-state index is 12.3. The summed E-state index contributed by atoms with van der Waals surface area (Å²) in [5, 5.41) is 10.5. The molecular formula is C15H15N5O. The first kappa shape index (κ1) is 13.1. The van der Waals surface area contributed by atoms with Gasteiger partial charge in [0.15, 0.2) is 0 Å². The van der Waals surface area contributed by atoms with Crippen LogP contribution in [0.2, 0.25) is 0 Å². The van der Waals surface area contributed by atoms with Crippen LogP contribution in [-0.4, -0.2) is 21.1 Å². The summed E-state index contributed by atoms with van der Waals surface area (Å²) in [6.07, 6.45) is 0. The number of H-pyrrole nitrogens is 1. The molecule has 4 N–H and O–H groups in total. The third-order valence-electron chi connectivity index (χ3n) is 3.35. The lowest BCUT2D eigenvalue weighted by Gasteiger charge is -2.07. The molecule has 0 aliphatic heterocycles. The summed E-state index contributed by atoms with van der Waals surface area (Å²) in [6, 6.07) is 9.04. The van der Waals surface area contributed by atoms with Crippen LogP contribution in [0.15, 0.2) is 30.3 Å². The topological polar surface area (TPSA) is 96.7 Å². The summed E-state index contributed by atoms with van der Waals surface area (Å²) >= 11 is 0. The molecule has 2 aromatic heterocycles. The Morgan fingerprint density at radius 2 is 2.05 bits per heavy atom. The Balaban J connectivity index is 1.99. The van der Waals surface area contributed by atoms with Crippen LogP contribution in [0.3, 0.4) is 0 Å². The van der Waals surface area contributed by atoms with Crippen molar-refractivity contribution in [3.8, 4) is 0 Å². The van der Waals surface area contributed by atoms with Gasteiger partial charge in [-0.3, -0.25) is 9.89 Å². The Hall–Kier alpha value is -2.89. The van der Waals surface area contributed by atoms with Crippen LogP contribution in [0.5, 0.6) is 0 Å². The molecule has 0 saturated heterocycles. The van der Waals surface area contributed by atoms with Gasteiger partial charge in [-0.15, -0.1) is 0 Å². The number of aromatic nitrogens is 3. The lowest BCUT2D eigenvalue weighted by Crippen LogP contribution is -2.15. The number of fused-ring (bicyclic) bond motifs is 1. The highest BCUT2D eigenvalue weighted by molar-refractivity contribution is 6.06. The number of nitrogen functional groups attached to an aromatic ring is 1. The fraction of sp³-hybridized carbons (Fsp3) is 0.133. The van der Waals surface area contributed by atoms with Crippen LogP contribution in [0, 0.1) is 13.8 Å². The van der Waals surface area contributed by atoms with Crippen molar-refractivity contribution in [2.24, 2.45) is 0 Å². The van der Waals surface area contributed by atoms with Crippen molar-refractivity contribution in [1.29, 1.82) is 0 Å². The van der Waals surface area contributed by atoms with E-state index in [-0.39, 0.29) is 11.6 Å². The number of hydrogen-bond donors (Lipinski definition) is 3. The molecule has 6 nitrogen and oxygen atoms in total. The normalized spacial score (nSPS) is 10.8. The number of para-hydroxylation sites is 1. The number of carbonyl (C=O) groups is 1. The summed E-state index contributed by atoms with van der Waals surface area (Å²) in [7, 11) is 0. The van der Waals surface area contributed by atoms with Gasteiger partial charge in [-0.1, -0.05) is 18.2 Å². The Morgan fingerprint density at radius 3 is 2.76 bits per heavy atom. The van der Waals surface area contributed by atoms with Gasteiger partial charge in [0, 0.05) is 11.1 Å². The van der Waals surface area contributed by atoms with Gasteiger partial charge in [-0.2, -0.15) is 5.10 Å². The van der Waals surface area contributed by atoms with E-state index >= 15 is 0 Å². The van der Waals surface area contributed by atoms with E-state index in [0.717, 1.165) is 16.8 Å². The molecule has 0 atom stereocenters. The number of anilines is 2. The van der Waals surface area contributed by atoms with E-state index in [2.05, 4.69) is 20.5 Å². The van der Waals surface area contributed by atoms with Crippen molar-refractivity contribution in [1.82, 2.24) is 15.2 Å². The zero-order chi connectivity index (χ0) is 15.0. The molecule has 0 spiro atoms. The second-order valence-corrected chi connectivity index (χ2v) is 4.88. The average molecular weight is 281 g/mol. The number of aryl methyl sites for hydroxylation is 2. The number of carbonyl (C=O) groups excluding carboxylic acids is 1. The Labute approximate surface area is 121 Å². The van der Waals surface area contributed by atoms with E-state index in [1.807, 2.05) is 38.1 Å². The van der Waals surface area contributed by atoms with E-state index in [0.29, 0.717) is 16.9 Å². The van der Waals surface area contributed by atoms with Crippen LogP contribution in [0.4, 0.5) is 11.4 Å². The van der Waals surface area contributed by atoms with Crippen molar-refractivity contribution in [3.63, 3.8) is 0 Å². The maximum absolute atomic E-state index is 12.3. The number of nitrogens with two attached hydrogens (primary N) is 1. The molecular weight excluding hydrogens is 266 g/mol. The van der Waals surface area contributed by atoms with E-state index < -0.39 is 0 Å². The molecule has 0 bridgehead atoms. The third kappa shape index (κ3) is 2.31. The lowest BCUT2D eigenvalue weighted by molar-refractivity contribution is 0.102. The summed E-state index contributed by atoms with van der Waals surface area (Å²) in [6.45, 7) is 3.67. The molecule has 0 unspecified atom stereocenters. The van der Waals surface area contributed by atoms with Gasteiger partial charge >= 0.3 is 0 Å². The zero-order valence-corrected chi connectivity index (χ0v) is 11.8. The fourth-order valence-corrected chi connectivity index (χ4v) is 2.23. The van der Waals surface area contributed by atoms with Crippen molar-refractivity contribution in [3.05, 3.63) is 47.4 Å². The molecule has 2 heterocycles. The predicted molar refractivity (Wildman–Crippen MR) is 82.2 cm³/mol. The second kappa shape index (κ2) is 4.90. The van der Waals surface area contributed by atoms with E-state index in [1.54, 1.807) is 6.07 Å².